The van der Waals surface area contributed by atoms with E-state index in [1.54, 1.807) is 0 Å². The molecule has 0 amide bonds. The molecule has 4 nitrogen and oxygen atoms in total. The van der Waals surface area contributed by atoms with Crippen LogP contribution < -0.4 is 5.32 Å². The molecule has 4 heteroatoms. The van der Waals surface area contributed by atoms with Gasteiger partial charge in [0, 0.05) is 6.42 Å². The monoisotopic (exact) mass is 259 g/mol. The standard InChI is InChI=1S/C15H21N3O/c1-3-16-10-6-9-14-17-18-15(19-14)11-13-8-5-4-7-12(13)2/h4-5,7-8,16H,3,6,9-11H2,1-2H3. The van der Waals surface area contributed by atoms with Crippen LogP contribution in [0.1, 0.15) is 36.3 Å². The largest absolute Gasteiger partial charge is 0.425 e. The van der Waals surface area contributed by atoms with Crippen LogP contribution in [0.5, 0.6) is 0 Å². The highest BCUT2D eigenvalue weighted by molar-refractivity contribution is 5.27. The van der Waals surface area contributed by atoms with Crippen molar-refractivity contribution in [2.45, 2.75) is 33.1 Å². The molecule has 0 aliphatic rings. The van der Waals surface area contributed by atoms with Crippen LogP contribution >= 0.6 is 0 Å². The second-order valence-electron chi connectivity index (χ2n) is 4.65. The summed E-state index contributed by atoms with van der Waals surface area (Å²) < 4.78 is 5.67. The van der Waals surface area contributed by atoms with Crippen LogP contribution in [-0.4, -0.2) is 23.3 Å². The SMILES string of the molecule is CCNCCCc1nnc(Cc2ccccc2C)o1. The molecular formula is C15H21N3O. The van der Waals surface area contributed by atoms with Crippen molar-refractivity contribution in [3.63, 3.8) is 0 Å². The van der Waals surface area contributed by atoms with E-state index in [-0.39, 0.29) is 0 Å². The molecule has 1 N–H and O–H groups in total. The third-order valence-electron chi connectivity index (χ3n) is 3.11. The minimum absolute atomic E-state index is 0.702. The molecule has 19 heavy (non-hydrogen) atoms. The Balaban J connectivity index is 1.89. The lowest BCUT2D eigenvalue weighted by Crippen LogP contribution is -2.14. The first-order chi connectivity index (χ1) is 9.29. The summed E-state index contributed by atoms with van der Waals surface area (Å²) in [6, 6.07) is 8.28. The average molecular weight is 259 g/mol. The summed E-state index contributed by atoms with van der Waals surface area (Å²) in [5.41, 5.74) is 2.50. The molecular weight excluding hydrogens is 238 g/mol. The third-order valence-corrected chi connectivity index (χ3v) is 3.11. The fraction of sp³-hybridized carbons (Fsp3) is 0.467. The minimum atomic E-state index is 0.702. The van der Waals surface area contributed by atoms with Gasteiger partial charge in [-0.3, -0.25) is 0 Å². The summed E-state index contributed by atoms with van der Waals surface area (Å²) in [5.74, 6) is 1.44. The summed E-state index contributed by atoms with van der Waals surface area (Å²) in [4.78, 5) is 0. The lowest BCUT2D eigenvalue weighted by Gasteiger charge is -2.01. The van der Waals surface area contributed by atoms with Gasteiger partial charge in [-0.2, -0.15) is 0 Å². The highest BCUT2D eigenvalue weighted by Crippen LogP contribution is 2.13. The molecule has 0 saturated carbocycles. The number of hydrogen-bond acceptors (Lipinski definition) is 4. The lowest BCUT2D eigenvalue weighted by molar-refractivity contribution is 0.449. The van der Waals surface area contributed by atoms with Crippen LogP contribution in [-0.2, 0) is 12.8 Å². The molecule has 0 radical (unpaired) electrons. The number of nitrogens with one attached hydrogen (secondary N) is 1. The van der Waals surface area contributed by atoms with E-state index in [0.29, 0.717) is 12.3 Å². The third kappa shape index (κ3) is 4.17. The first-order valence-corrected chi connectivity index (χ1v) is 6.86. The molecule has 2 rings (SSSR count). The van der Waals surface area contributed by atoms with Gasteiger partial charge in [0.05, 0.1) is 6.42 Å². The summed E-state index contributed by atoms with van der Waals surface area (Å²) in [6.07, 6.45) is 2.58. The maximum Gasteiger partial charge on any atom is 0.220 e. The number of aryl methyl sites for hydroxylation is 2. The van der Waals surface area contributed by atoms with Gasteiger partial charge in [-0.05, 0) is 37.6 Å². The highest BCUT2D eigenvalue weighted by Gasteiger charge is 2.07. The van der Waals surface area contributed by atoms with E-state index in [9.17, 15) is 0 Å². The number of hydrogen-bond donors (Lipinski definition) is 1. The summed E-state index contributed by atoms with van der Waals surface area (Å²) in [7, 11) is 0. The molecule has 1 aromatic carbocycles. The van der Waals surface area contributed by atoms with E-state index in [1.165, 1.54) is 11.1 Å². The van der Waals surface area contributed by atoms with Gasteiger partial charge >= 0.3 is 0 Å². The van der Waals surface area contributed by atoms with Gasteiger partial charge in [0.1, 0.15) is 0 Å². The van der Waals surface area contributed by atoms with E-state index in [4.69, 9.17) is 4.42 Å². The summed E-state index contributed by atoms with van der Waals surface area (Å²) >= 11 is 0. The molecule has 0 spiro atoms. The van der Waals surface area contributed by atoms with Gasteiger partial charge in [-0.1, -0.05) is 31.2 Å². The van der Waals surface area contributed by atoms with Crippen molar-refractivity contribution in [3.05, 3.63) is 47.2 Å². The van der Waals surface area contributed by atoms with Crippen LogP contribution in [0.15, 0.2) is 28.7 Å². The molecule has 0 saturated heterocycles. The Morgan fingerprint density at radius 1 is 1.16 bits per heavy atom. The van der Waals surface area contributed by atoms with Gasteiger partial charge in [-0.15, -0.1) is 10.2 Å². The van der Waals surface area contributed by atoms with Gasteiger partial charge in [0.15, 0.2) is 0 Å². The van der Waals surface area contributed by atoms with Crippen molar-refractivity contribution in [3.8, 4) is 0 Å². The zero-order valence-electron chi connectivity index (χ0n) is 11.6. The lowest BCUT2D eigenvalue weighted by atomic mass is 10.1. The van der Waals surface area contributed by atoms with E-state index >= 15 is 0 Å². The smallest absolute Gasteiger partial charge is 0.220 e. The van der Waals surface area contributed by atoms with Crippen LogP contribution in [0.4, 0.5) is 0 Å². The molecule has 0 bridgehead atoms. The zero-order valence-corrected chi connectivity index (χ0v) is 11.6. The Morgan fingerprint density at radius 2 is 1.95 bits per heavy atom. The van der Waals surface area contributed by atoms with Crippen molar-refractivity contribution >= 4 is 0 Å². The molecule has 2 aromatic rings. The molecule has 0 atom stereocenters. The molecule has 0 aliphatic heterocycles. The summed E-state index contributed by atoms with van der Waals surface area (Å²) in [6.45, 7) is 6.20. The predicted molar refractivity (Wildman–Crippen MR) is 75.1 cm³/mol. The van der Waals surface area contributed by atoms with E-state index in [2.05, 4.69) is 41.5 Å². The minimum Gasteiger partial charge on any atom is -0.425 e. The quantitative estimate of drug-likeness (QED) is 0.776. The van der Waals surface area contributed by atoms with Gasteiger partial charge in [-0.25, -0.2) is 0 Å². The molecule has 1 heterocycles. The second-order valence-corrected chi connectivity index (χ2v) is 4.65. The average Bonchev–Trinajstić information content (AvgIpc) is 2.85. The Bertz CT molecular complexity index is 508. The number of benzene rings is 1. The van der Waals surface area contributed by atoms with Crippen molar-refractivity contribution in [1.29, 1.82) is 0 Å². The Morgan fingerprint density at radius 3 is 2.74 bits per heavy atom. The van der Waals surface area contributed by atoms with E-state index in [1.807, 2.05) is 12.1 Å². The molecule has 1 aromatic heterocycles. The molecule has 0 fully saturated rings. The normalized spacial score (nSPS) is 10.8. The van der Waals surface area contributed by atoms with Crippen LogP contribution in [0, 0.1) is 6.92 Å². The van der Waals surface area contributed by atoms with E-state index in [0.717, 1.165) is 31.8 Å². The fourth-order valence-corrected chi connectivity index (χ4v) is 1.97. The topological polar surface area (TPSA) is 51.0 Å². The van der Waals surface area contributed by atoms with Crippen LogP contribution in [0.3, 0.4) is 0 Å². The molecule has 0 aliphatic carbocycles. The first kappa shape index (κ1) is 13.7. The van der Waals surface area contributed by atoms with Crippen molar-refractivity contribution in [2.24, 2.45) is 0 Å². The van der Waals surface area contributed by atoms with Crippen molar-refractivity contribution in [2.75, 3.05) is 13.1 Å². The maximum absolute atomic E-state index is 5.67. The number of nitrogens with zero attached hydrogens (tertiary/aromatic N) is 2. The first-order valence-electron chi connectivity index (χ1n) is 6.86. The van der Waals surface area contributed by atoms with Crippen LogP contribution in [0.2, 0.25) is 0 Å². The number of aromatic nitrogens is 2. The Labute approximate surface area is 114 Å². The summed E-state index contributed by atoms with van der Waals surface area (Å²) in [5, 5.41) is 11.5. The van der Waals surface area contributed by atoms with Crippen LogP contribution in [0.25, 0.3) is 0 Å². The van der Waals surface area contributed by atoms with E-state index < -0.39 is 0 Å². The van der Waals surface area contributed by atoms with Crippen molar-refractivity contribution < 1.29 is 4.42 Å². The predicted octanol–water partition coefficient (Wildman–Crippen LogP) is 2.51. The number of rotatable bonds is 7. The highest BCUT2D eigenvalue weighted by atomic mass is 16.4. The van der Waals surface area contributed by atoms with Gasteiger partial charge < -0.3 is 9.73 Å². The van der Waals surface area contributed by atoms with Gasteiger partial charge in [0.25, 0.3) is 0 Å². The molecule has 102 valence electrons. The maximum atomic E-state index is 5.67. The Hall–Kier alpha value is -1.68. The Kier molecular flexibility index (Phi) is 5.10. The van der Waals surface area contributed by atoms with Crippen molar-refractivity contribution in [1.82, 2.24) is 15.5 Å². The van der Waals surface area contributed by atoms with Gasteiger partial charge in [0.2, 0.25) is 11.8 Å². The fourth-order valence-electron chi connectivity index (χ4n) is 1.97. The second kappa shape index (κ2) is 7.04. The zero-order chi connectivity index (χ0) is 13.5. The molecule has 0 unspecified atom stereocenters.